The monoisotopic (exact) mass is 497 g/mol. The molecule has 4 aromatic carbocycles. The van der Waals surface area contributed by atoms with Gasteiger partial charge in [-0.1, -0.05) is 95.3 Å². The lowest BCUT2D eigenvalue weighted by molar-refractivity contribution is 0.589. The Morgan fingerprint density at radius 2 is 0.771 bits per heavy atom. The van der Waals surface area contributed by atoms with E-state index in [0.29, 0.717) is 0 Å². The Hall–Kier alpha value is -2.42. The molecule has 4 aromatic rings. The van der Waals surface area contributed by atoms with Crippen molar-refractivity contribution in [1.82, 2.24) is 0 Å². The first-order valence-corrected chi connectivity index (χ1v) is 14.3. The number of hydrogen-bond acceptors (Lipinski definition) is 1. The van der Waals surface area contributed by atoms with Gasteiger partial charge in [-0.2, -0.15) is 0 Å². The zero-order valence-corrected chi connectivity index (χ0v) is 23.7. The highest BCUT2D eigenvalue weighted by Gasteiger charge is 2.30. The molecule has 0 heterocycles. The molecule has 180 valence electrons. The summed E-state index contributed by atoms with van der Waals surface area (Å²) in [6.07, 6.45) is 0. The molecular formula is C33H37S2+. The van der Waals surface area contributed by atoms with Gasteiger partial charge in [0.05, 0.1) is 10.9 Å². The van der Waals surface area contributed by atoms with Crippen LogP contribution in [0.1, 0.15) is 58.2 Å². The van der Waals surface area contributed by atoms with E-state index in [0.717, 1.165) is 0 Å². The maximum absolute atomic E-state index is 2.33. The average Bonchev–Trinajstić information content (AvgIpc) is 2.81. The molecule has 0 aliphatic rings. The van der Waals surface area contributed by atoms with E-state index in [2.05, 4.69) is 146 Å². The minimum atomic E-state index is -0.152. The van der Waals surface area contributed by atoms with E-state index in [1.807, 2.05) is 11.8 Å². The second-order valence-electron chi connectivity index (χ2n) is 11.2. The zero-order valence-electron chi connectivity index (χ0n) is 22.1. The second-order valence-corrected chi connectivity index (χ2v) is 14.4. The number of benzene rings is 4. The predicted molar refractivity (Wildman–Crippen MR) is 154 cm³/mol. The molecule has 0 aliphatic heterocycles. The van der Waals surface area contributed by atoms with E-state index in [-0.39, 0.29) is 21.7 Å². The number of rotatable bonds is 5. The molecule has 2 heteroatoms. The Labute approximate surface area is 219 Å². The van der Waals surface area contributed by atoms with Gasteiger partial charge < -0.3 is 0 Å². The molecule has 35 heavy (non-hydrogen) atoms. The average molecular weight is 498 g/mol. The van der Waals surface area contributed by atoms with Crippen LogP contribution in [0.15, 0.2) is 122 Å². The van der Waals surface area contributed by atoms with Crippen LogP contribution in [0.5, 0.6) is 0 Å². The summed E-state index contributed by atoms with van der Waals surface area (Å²) in [7, 11) is -0.152. The fourth-order valence-electron chi connectivity index (χ4n) is 3.98. The third-order valence-corrected chi connectivity index (χ3v) is 9.47. The third kappa shape index (κ3) is 6.42. The van der Waals surface area contributed by atoms with E-state index in [1.165, 1.54) is 41.2 Å². The van der Waals surface area contributed by atoms with Crippen LogP contribution in [-0.4, -0.2) is 0 Å². The quantitative estimate of drug-likeness (QED) is 0.247. The van der Waals surface area contributed by atoms with E-state index in [1.54, 1.807) is 0 Å². The van der Waals surface area contributed by atoms with E-state index in [9.17, 15) is 0 Å². The van der Waals surface area contributed by atoms with Gasteiger partial charge in [-0.25, -0.2) is 0 Å². The van der Waals surface area contributed by atoms with Gasteiger partial charge in [-0.05, 0) is 89.5 Å². The summed E-state index contributed by atoms with van der Waals surface area (Å²) in [5, 5.41) is 0. The fraction of sp³-hybridized carbons (Fsp3) is 0.273. The maximum atomic E-state index is 2.33. The molecule has 4 rings (SSSR count). The number of hydrogen-bond donors (Lipinski definition) is 0. The summed E-state index contributed by atoms with van der Waals surface area (Å²) < 4.78 is 0. The second kappa shape index (κ2) is 10.3. The van der Waals surface area contributed by atoms with Gasteiger partial charge in [0.15, 0.2) is 14.7 Å². The van der Waals surface area contributed by atoms with Crippen molar-refractivity contribution in [1.29, 1.82) is 0 Å². The molecule has 0 N–H and O–H groups in total. The summed E-state index contributed by atoms with van der Waals surface area (Å²) in [4.78, 5) is 6.62. The summed E-state index contributed by atoms with van der Waals surface area (Å²) >= 11 is 1.82. The Morgan fingerprint density at radius 3 is 1.11 bits per heavy atom. The van der Waals surface area contributed by atoms with Gasteiger partial charge in [0, 0.05) is 9.79 Å². The summed E-state index contributed by atoms with van der Waals surface area (Å²) in [6.45, 7) is 15.8. The normalized spacial score (nSPS) is 12.2. The predicted octanol–water partition coefficient (Wildman–Crippen LogP) is 9.84. The minimum absolute atomic E-state index is 0.152. The fourth-order valence-corrected chi connectivity index (χ4v) is 6.83. The first kappa shape index (κ1) is 25.7. The topological polar surface area (TPSA) is 0 Å². The van der Waals surface area contributed by atoms with Crippen molar-refractivity contribution >= 4 is 22.7 Å². The molecule has 0 radical (unpaired) electrons. The van der Waals surface area contributed by atoms with Crippen LogP contribution in [0, 0.1) is 6.92 Å². The van der Waals surface area contributed by atoms with E-state index < -0.39 is 0 Å². The SMILES string of the molecule is Cc1ccc(Sc2ccc([S+](c3ccc(C(C)(C)C)cc3)c3ccc(C(C)(C)C)cc3)cc2)cc1. The summed E-state index contributed by atoms with van der Waals surface area (Å²) in [6, 6.07) is 36.5. The van der Waals surface area contributed by atoms with Crippen LogP contribution in [-0.2, 0) is 21.7 Å². The minimum Gasteiger partial charge on any atom is -0.0901 e. The van der Waals surface area contributed by atoms with Gasteiger partial charge in [-0.3, -0.25) is 0 Å². The highest BCUT2D eigenvalue weighted by atomic mass is 32.2. The Bertz CT molecular complexity index is 1180. The first-order chi connectivity index (χ1) is 16.5. The smallest absolute Gasteiger partial charge is 0.0901 e. The molecule has 0 atom stereocenters. The highest BCUT2D eigenvalue weighted by Crippen LogP contribution is 2.36. The van der Waals surface area contributed by atoms with Crippen LogP contribution in [0.3, 0.4) is 0 Å². The molecule has 0 saturated carbocycles. The number of aryl methyl sites for hydroxylation is 1. The lowest BCUT2D eigenvalue weighted by Gasteiger charge is -2.20. The van der Waals surface area contributed by atoms with Crippen molar-refractivity contribution in [2.24, 2.45) is 0 Å². The Balaban J connectivity index is 1.69. The van der Waals surface area contributed by atoms with Crippen molar-refractivity contribution in [3.05, 3.63) is 114 Å². The van der Waals surface area contributed by atoms with Crippen LogP contribution in [0.4, 0.5) is 0 Å². The van der Waals surface area contributed by atoms with E-state index in [4.69, 9.17) is 0 Å². The summed E-state index contributed by atoms with van der Waals surface area (Å²) in [5.41, 5.74) is 4.35. The van der Waals surface area contributed by atoms with Gasteiger partial charge in [-0.15, -0.1) is 0 Å². The molecule has 0 aliphatic carbocycles. The largest absolute Gasteiger partial charge is 0.166 e. The van der Waals surface area contributed by atoms with Gasteiger partial charge >= 0.3 is 0 Å². The van der Waals surface area contributed by atoms with Crippen LogP contribution in [0.25, 0.3) is 0 Å². The molecule has 0 spiro atoms. The lowest BCUT2D eigenvalue weighted by Crippen LogP contribution is -2.13. The van der Waals surface area contributed by atoms with Crippen molar-refractivity contribution in [3.8, 4) is 0 Å². The van der Waals surface area contributed by atoms with Gasteiger partial charge in [0.1, 0.15) is 0 Å². The molecular weight excluding hydrogens is 460 g/mol. The molecule has 0 nitrogen and oxygen atoms in total. The summed E-state index contributed by atoms with van der Waals surface area (Å²) in [5.74, 6) is 0. The first-order valence-electron chi connectivity index (χ1n) is 12.3. The van der Waals surface area contributed by atoms with Crippen LogP contribution < -0.4 is 0 Å². The molecule has 0 bridgehead atoms. The van der Waals surface area contributed by atoms with Gasteiger partial charge in [0.2, 0.25) is 0 Å². The van der Waals surface area contributed by atoms with E-state index >= 15 is 0 Å². The molecule has 0 amide bonds. The molecule has 0 saturated heterocycles. The lowest BCUT2D eigenvalue weighted by atomic mass is 9.87. The molecule has 0 unspecified atom stereocenters. The van der Waals surface area contributed by atoms with Crippen LogP contribution in [0.2, 0.25) is 0 Å². The van der Waals surface area contributed by atoms with Gasteiger partial charge in [0.25, 0.3) is 0 Å². The zero-order chi connectivity index (χ0) is 25.2. The highest BCUT2D eigenvalue weighted by molar-refractivity contribution is 7.99. The Morgan fingerprint density at radius 1 is 0.457 bits per heavy atom. The molecule has 0 fully saturated rings. The van der Waals surface area contributed by atoms with Crippen molar-refractivity contribution in [2.75, 3.05) is 0 Å². The van der Waals surface area contributed by atoms with Crippen molar-refractivity contribution in [3.63, 3.8) is 0 Å². The van der Waals surface area contributed by atoms with Crippen molar-refractivity contribution < 1.29 is 0 Å². The third-order valence-electron chi connectivity index (χ3n) is 6.23. The standard InChI is InChI=1S/C33H37S2/c1-24-8-14-27(15-9-24)34-28-16-22-31(23-17-28)35(29-18-10-25(11-19-29)32(2,3)4)30-20-12-26(13-21-30)33(5,6)7/h8-23H,1-7H3/q+1. The Kier molecular flexibility index (Phi) is 7.54. The van der Waals surface area contributed by atoms with Crippen LogP contribution >= 0.6 is 11.8 Å². The molecule has 0 aromatic heterocycles. The maximum Gasteiger partial charge on any atom is 0.166 e. The van der Waals surface area contributed by atoms with Crippen molar-refractivity contribution in [2.45, 2.75) is 83.8 Å².